The van der Waals surface area contributed by atoms with E-state index in [1.165, 1.54) is 10.8 Å². The molecule has 142 valence electrons. The molecule has 25 heavy (non-hydrogen) atoms. The van der Waals surface area contributed by atoms with Gasteiger partial charge in [-0.05, 0) is 19.8 Å². The van der Waals surface area contributed by atoms with Gasteiger partial charge in [0.2, 0.25) is 0 Å². The van der Waals surface area contributed by atoms with Gasteiger partial charge >= 0.3 is 5.69 Å². The number of nitrogens with one attached hydrogen (secondary N) is 1. The molecule has 2 heterocycles. The number of rotatable bonds is 10. The Kier molecular flexibility index (Phi) is 8.57. The van der Waals surface area contributed by atoms with Gasteiger partial charge in [0.15, 0.2) is 0 Å². The standard InChI is InChI=1S/C16H26N2O5S2/c1-11-9-18(16(22)17-15(11)21)14-8-13(12(10-20)23-14)25-24-7-5-3-2-4-6-19/h9,12-14,19-20H,2-8,10H2,1H3,(H,17,21,22)/t12-,13+,14-/m1/s1. The zero-order valence-corrected chi connectivity index (χ0v) is 16.0. The Balaban J connectivity index is 1.86. The molecule has 2 rings (SSSR count). The minimum Gasteiger partial charge on any atom is -0.396 e. The molecule has 0 aliphatic carbocycles. The fourth-order valence-corrected chi connectivity index (χ4v) is 5.58. The monoisotopic (exact) mass is 390 g/mol. The number of nitrogens with zero attached hydrogens (tertiary/aromatic N) is 1. The van der Waals surface area contributed by atoms with E-state index >= 15 is 0 Å². The van der Waals surface area contributed by atoms with Crippen molar-refractivity contribution in [2.75, 3.05) is 19.0 Å². The summed E-state index contributed by atoms with van der Waals surface area (Å²) < 4.78 is 7.23. The maximum atomic E-state index is 12.0. The van der Waals surface area contributed by atoms with Crippen molar-refractivity contribution < 1.29 is 14.9 Å². The molecule has 1 aromatic heterocycles. The van der Waals surface area contributed by atoms with Crippen LogP contribution in [-0.2, 0) is 4.74 Å². The van der Waals surface area contributed by atoms with E-state index in [4.69, 9.17) is 9.84 Å². The molecule has 1 fully saturated rings. The average molecular weight is 391 g/mol. The van der Waals surface area contributed by atoms with E-state index in [-0.39, 0.29) is 30.1 Å². The highest BCUT2D eigenvalue weighted by Gasteiger charge is 2.36. The minimum absolute atomic E-state index is 0.0941. The van der Waals surface area contributed by atoms with E-state index in [0.717, 1.165) is 31.4 Å². The Hall–Kier alpha value is -0.740. The predicted molar refractivity (Wildman–Crippen MR) is 101 cm³/mol. The predicted octanol–water partition coefficient (Wildman–Crippen LogP) is 1.43. The molecule has 0 spiro atoms. The molecule has 0 amide bonds. The molecule has 1 saturated heterocycles. The van der Waals surface area contributed by atoms with Gasteiger partial charge < -0.3 is 14.9 Å². The summed E-state index contributed by atoms with van der Waals surface area (Å²) in [5.74, 6) is 1.01. The molecule has 0 bridgehead atoms. The lowest BCUT2D eigenvalue weighted by Gasteiger charge is -2.15. The molecule has 1 aliphatic heterocycles. The number of aromatic amines is 1. The number of ether oxygens (including phenoxy) is 1. The van der Waals surface area contributed by atoms with E-state index < -0.39 is 11.9 Å². The molecule has 9 heteroatoms. The second-order valence-electron chi connectivity index (χ2n) is 6.12. The summed E-state index contributed by atoms with van der Waals surface area (Å²) in [6, 6.07) is 0. The summed E-state index contributed by atoms with van der Waals surface area (Å²) in [5, 5.41) is 18.4. The van der Waals surface area contributed by atoms with Crippen molar-refractivity contribution in [1.82, 2.24) is 9.55 Å². The highest BCUT2D eigenvalue weighted by molar-refractivity contribution is 8.76. The first kappa shape index (κ1) is 20.6. The fourth-order valence-electron chi connectivity index (χ4n) is 2.70. The number of aromatic nitrogens is 2. The Morgan fingerprint density at radius 2 is 2.04 bits per heavy atom. The van der Waals surface area contributed by atoms with E-state index in [1.807, 2.05) is 0 Å². The first-order valence-corrected chi connectivity index (χ1v) is 10.9. The zero-order chi connectivity index (χ0) is 18.2. The van der Waals surface area contributed by atoms with Crippen LogP contribution >= 0.6 is 21.6 Å². The summed E-state index contributed by atoms with van der Waals surface area (Å²) in [4.78, 5) is 25.8. The van der Waals surface area contributed by atoms with Crippen molar-refractivity contribution in [2.24, 2.45) is 0 Å². The Morgan fingerprint density at radius 1 is 1.28 bits per heavy atom. The van der Waals surface area contributed by atoms with Crippen molar-refractivity contribution in [3.05, 3.63) is 32.6 Å². The van der Waals surface area contributed by atoms with E-state index in [1.54, 1.807) is 28.5 Å². The molecule has 0 radical (unpaired) electrons. The van der Waals surface area contributed by atoms with Crippen molar-refractivity contribution in [2.45, 2.75) is 56.6 Å². The minimum atomic E-state index is -0.487. The first-order chi connectivity index (χ1) is 12.1. The number of aryl methyl sites for hydroxylation is 1. The third kappa shape index (κ3) is 5.89. The van der Waals surface area contributed by atoms with Crippen LogP contribution in [0.3, 0.4) is 0 Å². The molecule has 3 N–H and O–H groups in total. The molecule has 1 aliphatic rings. The lowest BCUT2D eigenvalue weighted by molar-refractivity contribution is -0.0238. The van der Waals surface area contributed by atoms with Crippen LogP contribution < -0.4 is 11.2 Å². The van der Waals surface area contributed by atoms with Gasteiger partial charge in [-0.1, -0.05) is 34.4 Å². The number of hydrogen-bond acceptors (Lipinski definition) is 7. The molecule has 0 unspecified atom stereocenters. The van der Waals surface area contributed by atoms with Crippen LogP contribution in [0, 0.1) is 6.92 Å². The number of unbranched alkanes of at least 4 members (excludes halogenated alkanes) is 3. The van der Waals surface area contributed by atoms with Crippen LogP contribution in [-0.4, -0.2) is 50.1 Å². The largest absolute Gasteiger partial charge is 0.396 e. The number of hydrogen-bond donors (Lipinski definition) is 3. The maximum absolute atomic E-state index is 12.0. The smallest absolute Gasteiger partial charge is 0.330 e. The first-order valence-electron chi connectivity index (χ1n) is 8.54. The summed E-state index contributed by atoms with van der Waals surface area (Å²) in [6.45, 7) is 1.80. The molecule has 1 aromatic rings. The van der Waals surface area contributed by atoms with Gasteiger partial charge in [0, 0.05) is 35.8 Å². The lowest BCUT2D eigenvalue weighted by atomic mass is 10.2. The fraction of sp³-hybridized carbons (Fsp3) is 0.750. The van der Waals surface area contributed by atoms with Crippen LogP contribution in [0.4, 0.5) is 0 Å². The van der Waals surface area contributed by atoms with E-state index in [2.05, 4.69) is 4.98 Å². The SMILES string of the molecule is Cc1cn([C@H]2C[C@H](SSCCCCCCO)[C@@H](CO)O2)c(=O)[nH]c1=O. The number of H-pyrrole nitrogens is 1. The maximum Gasteiger partial charge on any atom is 0.330 e. The Labute approximate surface area is 154 Å². The Morgan fingerprint density at radius 3 is 2.76 bits per heavy atom. The Bertz CT molecular complexity index is 648. The second-order valence-corrected chi connectivity index (χ2v) is 8.85. The van der Waals surface area contributed by atoms with Gasteiger partial charge in [-0.15, -0.1) is 0 Å². The van der Waals surface area contributed by atoms with Crippen LogP contribution in [0.15, 0.2) is 15.8 Å². The molecule has 3 atom stereocenters. The lowest BCUT2D eigenvalue weighted by Crippen LogP contribution is -2.33. The van der Waals surface area contributed by atoms with Crippen LogP contribution in [0.5, 0.6) is 0 Å². The molecular weight excluding hydrogens is 364 g/mol. The van der Waals surface area contributed by atoms with Gasteiger partial charge in [-0.2, -0.15) is 0 Å². The quantitative estimate of drug-likeness (QED) is 0.410. The molecular formula is C16H26N2O5S2. The van der Waals surface area contributed by atoms with Crippen LogP contribution in [0.2, 0.25) is 0 Å². The van der Waals surface area contributed by atoms with Crippen LogP contribution in [0.25, 0.3) is 0 Å². The third-order valence-electron chi connectivity index (χ3n) is 4.14. The topological polar surface area (TPSA) is 105 Å². The molecule has 0 aromatic carbocycles. The summed E-state index contributed by atoms with van der Waals surface area (Å²) >= 11 is 0. The summed E-state index contributed by atoms with van der Waals surface area (Å²) in [7, 11) is 3.44. The van der Waals surface area contributed by atoms with Gasteiger partial charge in [0.05, 0.1) is 12.7 Å². The van der Waals surface area contributed by atoms with Gasteiger partial charge in [-0.3, -0.25) is 14.3 Å². The summed E-state index contributed by atoms with van der Waals surface area (Å²) in [6.07, 6.45) is 5.43. The highest BCUT2D eigenvalue weighted by atomic mass is 33.1. The third-order valence-corrected chi connectivity index (χ3v) is 7.13. The average Bonchev–Trinajstić information content (AvgIpc) is 3.00. The highest BCUT2D eigenvalue weighted by Crippen LogP contribution is 2.41. The van der Waals surface area contributed by atoms with Gasteiger partial charge in [0.25, 0.3) is 5.56 Å². The van der Waals surface area contributed by atoms with Crippen molar-refractivity contribution >= 4 is 21.6 Å². The normalized spacial score (nSPS) is 23.2. The number of aliphatic hydroxyl groups is 2. The van der Waals surface area contributed by atoms with E-state index in [0.29, 0.717) is 12.0 Å². The zero-order valence-electron chi connectivity index (χ0n) is 14.3. The van der Waals surface area contributed by atoms with Gasteiger partial charge in [0.1, 0.15) is 6.23 Å². The van der Waals surface area contributed by atoms with Crippen molar-refractivity contribution in [3.63, 3.8) is 0 Å². The molecule has 7 nitrogen and oxygen atoms in total. The summed E-state index contributed by atoms with van der Waals surface area (Å²) in [5.41, 5.74) is -0.419. The molecule has 0 saturated carbocycles. The van der Waals surface area contributed by atoms with E-state index in [9.17, 15) is 14.7 Å². The number of aliphatic hydroxyl groups excluding tert-OH is 2. The van der Waals surface area contributed by atoms with Crippen LogP contribution in [0.1, 0.15) is 43.9 Å². The van der Waals surface area contributed by atoms with Gasteiger partial charge in [-0.25, -0.2) is 4.79 Å². The van der Waals surface area contributed by atoms with Crippen molar-refractivity contribution in [1.29, 1.82) is 0 Å². The van der Waals surface area contributed by atoms with Crippen molar-refractivity contribution in [3.8, 4) is 0 Å². The second kappa shape index (κ2) is 10.4.